The van der Waals surface area contributed by atoms with Crippen molar-refractivity contribution in [1.82, 2.24) is 0 Å². The number of allylic oxidation sites excluding steroid dienone is 1. The standard InChI is InChI=1S/C14H16N2OS/c1-9(2)7-13(17)16-14-11(8-15)10-5-3-4-6-12(10)18-14/h7H,3-6H2,1-2H3,(H,16,17). The van der Waals surface area contributed by atoms with Crippen LogP contribution in [0, 0.1) is 11.3 Å². The number of carbonyl (C=O) groups is 1. The molecule has 2 rings (SSSR count). The smallest absolute Gasteiger partial charge is 0.248 e. The van der Waals surface area contributed by atoms with Crippen LogP contribution in [0.3, 0.4) is 0 Å². The van der Waals surface area contributed by atoms with Gasteiger partial charge in [0, 0.05) is 11.0 Å². The normalized spacial score (nSPS) is 13.4. The number of thiophene rings is 1. The van der Waals surface area contributed by atoms with Gasteiger partial charge in [0.15, 0.2) is 0 Å². The number of hydrogen-bond donors (Lipinski definition) is 1. The Bertz CT molecular complexity index is 545. The number of fused-ring (bicyclic) bond motifs is 1. The van der Waals surface area contributed by atoms with Gasteiger partial charge in [-0.15, -0.1) is 11.3 Å². The van der Waals surface area contributed by atoms with E-state index in [1.807, 2.05) is 13.8 Å². The third kappa shape index (κ3) is 2.62. The molecule has 4 heteroatoms. The fourth-order valence-electron chi connectivity index (χ4n) is 2.18. The number of hydrogen-bond acceptors (Lipinski definition) is 3. The summed E-state index contributed by atoms with van der Waals surface area (Å²) in [7, 11) is 0. The Labute approximate surface area is 111 Å². The first-order chi connectivity index (χ1) is 8.61. The van der Waals surface area contributed by atoms with Crippen molar-refractivity contribution in [1.29, 1.82) is 5.26 Å². The van der Waals surface area contributed by atoms with Crippen molar-refractivity contribution in [2.24, 2.45) is 0 Å². The SMILES string of the molecule is CC(C)=CC(=O)Nc1sc2c(c1C#N)CCCC2. The van der Waals surface area contributed by atoms with Crippen molar-refractivity contribution in [3.8, 4) is 6.07 Å². The highest BCUT2D eigenvalue weighted by Gasteiger charge is 2.21. The molecular formula is C14H16N2OS. The predicted molar refractivity (Wildman–Crippen MR) is 73.7 cm³/mol. The summed E-state index contributed by atoms with van der Waals surface area (Å²) in [5.41, 5.74) is 2.78. The molecule has 0 saturated heterocycles. The van der Waals surface area contributed by atoms with Crippen molar-refractivity contribution in [2.75, 3.05) is 5.32 Å². The van der Waals surface area contributed by atoms with E-state index >= 15 is 0 Å². The molecule has 1 aromatic heterocycles. The minimum Gasteiger partial charge on any atom is -0.313 e. The molecule has 0 atom stereocenters. The van der Waals surface area contributed by atoms with Crippen LogP contribution in [0.25, 0.3) is 0 Å². The van der Waals surface area contributed by atoms with E-state index in [0.717, 1.165) is 30.4 Å². The second-order valence-corrected chi connectivity index (χ2v) is 5.84. The zero-order valence-corrected chi connectivity index (χ0v) is 11.5. The van der Waals surface area contributed by atoms with Crippen LogP contribution in [-0.4, -0.2) is 5.91 Å². The molecule has 0 saturated carbocycles. The monoisotopic (exact) mass is 260 g/mol. The molecule has 0 fully saturated rings. The second kappa shape index (κ2) is 5.36. The van der Waals surface area contributed by atoms with Gasteiger partial charge in [0.2, 0.25) is 5.91 Å². The van der Waals surface area contributed by atoms with Crippen LogP contribution in [0.4, 0.5) is 5.00 Å². The van der Waals surface area contributed by atoms with Crippen LogP contribution in [0.15, 0.2) is 11.6 Å². The van der Waals surface area contributed by atoms with Crippen LogP contribution in [-0.2, 0) is 17.6 Å². The Morgan fingerprint density at radius 2 is 2.11 bits per heavy atom. The Balaban J connectivity index is 2.29. The molecule has 0 bridgehead atoms. The average molecular weight is 260 g/mol. The Hall–Kier alpha value is -1.60. The molecule has 0 unspecified atom stereocenters. The lowest BCUT2D eigenvalue weighted by Gasteiger charge is -2.09. The van der Waals surface area contributed by atoms with E-state index in [2.05, 4.69) is 11.4 Å². The van der Waals surface area contributed by atoms with Gasteiger partial charge in [-0.2, -0.15) is 5.26 Å². The number of nitrogens with one attached hydrogen (secondary N) is 1. The molecule has 94 valence electrons. The van der Waals surface area contributed by atoms with Gasteiger partial charge in [-0.05, 0) is 45.1 Å². The minimum absolute atomic E-state index is 0.148. The van der Waals surface area contributed by atoms with Gasteiger partial charge in [0.25, 0.3) is 0 Å². The minimum atomic E-state index is -0.148. The number of aryl methyl sites for hydroxylation is 1. The van der Waals surface area contributed by atoms with Crippen LogP contribution in [0.1, 0.15) is 42.7 Å². The van der Waals surface area contributed by atoms with Crippen molar-refractivity contribution in [3.05, 3.63) is 27.7 Å². The van der Waals surface area contributed by atoms with Gasteiger partial charge in [-0.25, -0.2) is 0 Å². The van der Waals surface area contributed by atoms with E-state index in [4.69, 9.17) is 0 Å². The third-order valence-corrected chi connectivity index (χ3v) is 4.15. The summed E-state index contributed by atoms with van der Waals surface area (Å²) in [5, 5.41) is 12.8. The molecule has 18 heavy (non-hydrogen) atoms. The Morgan fingerprint density at radius 3 is 2.78 bits per heavy atom. The molecular weight excluding hydrogens is 244 g/mol. The summed E-state index contributed by atoms with van der Waals surface area (Å²) < 4.78 is 0. The summed E-state index contributed by atoms with van der Waals surface area (Å²) >= 11 is 1.56. The van der Waals surface area contributed by atoms with Gasteiger partial charge in [-0.3, -0.25) is 4.79 Å². The predicted octanol–water partition coefficient (Wildman–Crippen LogP) is 3.40. The van der Waals surface area contributed by atoms with Crippen LogP contribution < -0.4 is 5.32 Å². The maximum absolute atomic E-state index is 11.7. The van der Waals surface area contributed by atoms with Gasteiger partial charge in [-0.1, -0.05) is 5.57 Å². The fraction of sp³-hybridized carbons (Fsp3) is 0.429. The number of carbonyl (C=O) groups excluding carboxylic acids is 1. The summed E-state index contributed by atoms with van der Waals surface area (Å²) in [4.78, 5) is 13.0. The average Bonchev–Trinajstić information content (AvgIpc) is 2.64. The van der Waals surface area contributed by atoms with E-state index in [1.165, 1.54) is 11.3 Å². The number of amides is 1. The highest BCUT2D eigenvalue weighted by atomic mass is 32.1. The zero-order chi connectivity index (χ0) is 13.1. The molecule has 3 nitrogen and oxygen atoms in total. The van der Waals surface area contributed by atoms with Crippen LogP contribution >= 0.6 is 11.3 Å². The van der Waals surface area contributed by atoms with Gasteiger partial charge < -0.3 is 5.32 Å². The lowest BCUT2D eigenvalue weighted by Crippen LogP contribution is -2.08. The summed E-state index contributed by atoms with van der Waals surface area (Å²) in [6.45, 7) is 3.76. The largest absolute Gasteiger partial charge is 0.313 e. The number of anilines is 1. The molecule has 0 aliphatic heterocycles. The van der Waals surface area contributed by atoms with E-state index in [0.29, 0.717) is 10.6 Å². The third-order valence-electron chi connectivity index (χ3n) is 2.94. The molecule has 1 aliphatic rings. The zero-order valence-electron chi connectivity index (χ0n) is 10.7. The van der Waals surface area contributed by atoms with Gasteiger partial charge in [0.1, 0.15) is 11.1 Å². The highest BCUT2D eigenvalue weighted by molar-refractivity contribution is 7.16. The van der Waals surface area contributed by atoms with E-state index in [9.17, 15) is 10.1 Å². The fourth-order valence-corrected chi connectivity index (χ4v) is 3.43. The first-order valence-electron chi connectivity index (χ1n) is 6.12. The van der Waals surface area contributed by atoms with Crippen molar-refractivity contribution < 1.29 is 4.79 Å². The van der Waals surface area contributed by atoms with Gasteiger partial charge >= 0.3 is 0 Å². The first-order valence-corrected chi connectivity index (χ1v) is 6.94. The summed E-state index contributed by atoms with van der Waals surface area (Å²) in [6.07, 6.45) is 5.87. The summed E-state index contributed by atoms with van der Waals surface area (Å²) in [5.74, 6) is -0.148. The molecule has 1 N–H and O–H groups in total. The molecule has 1 amide bonds. The Morgan fingerprint density at radius 1 is 1.39 bits per heavy atom. The van der Waals surface area contributed by atoms with Crippen molar-refractivity contribution >= 4 is 22.2 Å². The molecule has 0 aromatic carbocycles. The highest BCUT2D eigenvalue weighted by Crippen LogP contribution is 2.37. The quantitative estimate of drug-likeness (QED) is 0.828. The molecule has 0 spiro atoms. The van der Waals surface area contributed by atoms with E-state index in [1.54, 1.807) is 17.4 Å². The van der Waals surface area contributed by atoms with Crippen LogP contribution in [0.5, 0.6) is 0 Å². The van der Waals surface area contributed by atoms with E-state index < -0.39 is 0 Å². The number of nitriles is 1. The first kappa shape index (κ1) is 12.8. The topological polar surface area (TPSA) is 52.9 Å². The maximum Gasteiger partial charge on any atom is 0.248 e. The lowest BCUT2D eigenvalue weighted by molar-refractivity contribution is -0.111. The second-order valence-electron chi connectivity index (χ2n) is 4.74. The van der Waals surface area contributed by atoms with Crippen molar-refractivity contribution in [3.63, 3.8) is 0 Å². The van der Waals surface area contributed by atoms with Crippen LogP contribution in [0.2, 0.25) is 0 Å². The molecule has 1 aliphatic carbocycles. The van der Waals surface area contributed by atoms with Crippen molar-refractivity contribution in [2.45, 2.75) is 39.5 Å². The molecule has 1 aromatic rings. The summed E-state index contributed by atoms with van der Waals surface area (Å²) in [6, 6.07) is 2.24. The maximum atomic E-state index is 11.7. The van der Waals surface area contributed by atoms with E-state index in [-0.39, 0.29) is 5.91 Å². The number of rotatable bonds is 2. The lowest BCUT2D eigenvalue weighted by atomic mass is 9.96. The number of nitrogens with zero attached hydrogens (tertiary/aromatic N) is 1. The molecule has 0 radical (unpaired) electrons. The molecule has 1 heterocycles. The van der Waals surface area contributed by atoms with Gasteiger partial charge in [0.05, 0.1) is 5.56 Å². The Kier molecular flexibility index (Phi) is 3.83.